The highest BCUT2D eigenvalue weighted by Crippen LogP contribution is 2.46. The Morgan fingerprint density at radius 3 is 1.48 bits per heavy atom. The molecule has 1 rings (SSSR count). The van der Waals surface area contributed by atoms with Crippen LogP contribution in [0.15, 0.2) is 0 Å². The van der Waals surface area contributed by atoms with Crippen LogP contribution in [0.4, 0.5) is 0 Å². The van der Waals surface area contributed by atoms with Gasteiger partial charge in [0.25, 0.3) is 0 Å². The van der Waals surface area contributed by atoms with Gasteiger partial charge in [0.1, 0.15) is 4.08 Å². The van der Waals surface area contributed by atoms with E-state index in [2.05, 4.69) is 50.5 Å². The van der Waals surface area contributed by atoms with Crippen LogP contribution in [0.1, 0.15) is 83.5 Å². The summed E-state index contributed by atoms with van der Waals surface area (Å²) in [6.45, 7) is 0. The van der Waals surface area contributed by atoms with Gasteiger partial charge in [-0.1, -0.05) is 64.2 Å². The number of thiol groups is 4. The Balaban J connectivity index is 2.58. The fraction of sp³-hybridized carbons (Fsp3) is 0.938. The van der Waals surface area contributed by atoms with Crippen LogP contribution in [0, 0.1) is 0 Å². The molecule has 0 bridgehead atoms. The van der Waals surface area contributed by atoms with Crippen LogP contribution in [0.3, 0.4) is 0 Å². The number of hydrogen-bond acceptors (Lipinski definition) is 5. The van der Waals surface area contributed by atoms with E-state index in [0.29, 0.717) is 6.42 Å². The van der Waals surface area contributed by atoms with Gasteiger partial charge in [-0.15, -0.1) is 0 Å². The molecular formula is C16H30OS4. The van der Waals surface area contributed by atoms with Gasteiger partial charge in [0.2, 0.25) is 0 Å². The predicted octanol–water partition coefficient (Wildman–Crippen LogP) is 5.75. The third-order valence-corrected chi connectivity index (χ3v) is 7.46. The third-order valence-electron chi connectivity index (χ3n) is 4.38. The lowest BCUT2D eigenvalue weighted by Gasteiger charge is -2.36. The average molecular weight is 367 g/mol. The Hall–Kier alpha value is 1.07. The number of carbonyl (C=O) groups is 1. The number of hydrogen-bond donors (Lipinski definition) is 4. The van der Waals surface area contributed by atoms with E-state index in [1.54, 1.807) is 0 Å². The molecule has 0 atom stereocenters. The minimum atomic E-state index is -1.06. The van der Waals surface area contributed by atoms with E-state index in [1.165, 1.54) is 51.4 Å². The van der Waals surface area contributed by atoms with Gasteiger partial charge < -0.3 is 0 Å². The van der Waals surface area contributed by atoms with E-state index >= 15 is 0 Å². The first-order chi connectivity index (χ1) is 9.88. The van der Waals surface area contributed by atoms with E-state index < -0.39 is 8.16 Å². The second-order valence-corrected chi connectivity index (χ2v) is 9.88. The molecule has 1 aliphatic carbocycles. The molecule has 0 aromatic rings. The second kappa shape index (κ2) is 10.0. The van der Waals surface area contributed by atoms with E-state index in [-0.39, 0.29) is 5.78 Å². The molecule has 1 nitrogen and oxygen atoms in total. The molecule has 0 heterocycles. The first-order valence-corrected chi connectivity index (χ1v) is 10.1. The van der Waals surface area contributed by atoms with E-state index in [1.807, 2.05) is 0 Å². The van der Waals surface area contributed by atoms with Gasteiger partial charge >= 0.3 is 0 Å². The summed E-state index contributed by atoms with van der Waals surface area (Å²) >= 11 is 18.2. The smallest absolute Gasteiger partial charge is 0.160 e. The van der Waals surface area contributed by atoms with Gasteiger partial charge in [-0.25, -0.2) is 0 Å². The Bertz CT molecular complexity index is 315. The standard InChI is InChI=1S/C16H30OS4/c17-14-12-10-8-6-4-2-1-3-5-7-9-11-13-15(18,19)16(14,20)21/h18-21H,1-13H2. The van der Waals surface area contributed by atoms with Crippen molar-refractivity contribution in [3.8, 4) is 0 Å². The zero-order valence-electron chi connectivity index (χ0n) is 12.9. The van der Waals surface area contributed by atoms with Crippen molar-refractivity contribution in [3.05, 3.63) is 0 Å². The molecule has 1 aliphatic rings. The zero-order chi connectivity index (χ0) is 15.8. The molecule has 0 aromatic carbocycles. The molecule has 0 unspecified atom stereocenters. The highest BCUT2D eigenvalue weighted by molar-refractivity contribution is 8.09. The van der Waals surface area contributed by atoms with Crippen LogP contribution in [-0.2, 0) is 4.79 Å². The van der Waals surface area contributed by atoms with Crippen molar-refractivity contribution in [1.82, 2.24) is 0 Å². The van der Waals surface area contributed by atoms with Crippen LogP contribution in [0.2, 0.25) is 0 Å². The molecule has 5 heteroatoms. The Kier molecular flexibility index (Phi) is 9.62. The van der Waals surface area contributed by atoms with Crippen LogP contribution in [-0.4, -0.2) is 13.9 Å². The summed E-state index contributed by atoms with van der Waals surface area (Å²) in [7, 11) is 0. The molecule has 0 saturated heterocycles. The molecule has 0 aromatic heterocycles. The maximum absolute atomic E-state index is 12.4. The molecule has 0 amide bonds. The molecule has 124 valence electrons. The molecule has 1 saturated carbocycles. The summed E-state index contributed by atoms with van der Waals surface area (Å²) in [6, 6.07) is 0. The van der Waals surface area contributed by atoms with Crippen molar-refractivity contribution >= 4 is 56.3 Å². The van der Waals surface area contributed by atoms with Gasteiger partial charge in [-0.3, -0.25) is 4.79 Å². The van der Waals surface area contributed by atoms with E-state index in [9.17, 15) is 4.79 Å². The van der Waals surface area contributed by atoms with Gasteiger partial charge in [0.15, 0.2) is 5.78 Å². The quantitative estimate of drug-likeness (QED) is 0.317. The molecule has 0 spiro atoms. The van der Waals surface area contributed by atoms with Gasteiger partial charge in [-0.2, -0.15) is 50.5 Å². The number of rotatable bonds is 0. The van der Waals surface area contributed by atoms with Gasteiger partial charge in [-0.05, 0) is 12.8 Å². The lowest BCUT2D eigenvalue weighted by Crippen LogP contribution is -2.44. The SMILES string of the molecule is O=C1CCCCCCCCCCCCCC(S)(S)C1(S)S. The molecule has 0 N–H and O–H groups in total. The van der Waals surface area contributed by atoms with Crippen LogP contribution in [0.5, 0.6) is 0 Å². The van der Waals surface area contributed by atoms with Gasteiger partial charge in [0, 0.05) is 6.42 Å². The average Bonchev–Trinajstić information content (AvgIpc) is 2.42. The largest absolute Gasteiger partial charge is 0.297 e. The van der Waals surface area contributed by atoms with Crippen molar-refractivity contribution < 1.29 is 4.79 Å². The maximum atomic E-state index is 12.4. The molecule has 0 radical (unpaired) electrons. The summed E-state index contributed by atoms with van der Waals surface area (Å²) in [5, 5.41) is 0. The van der Waals surface area contributed by atoms with Crippen LogP contribution < -0.4 is 0 Å². The van der Waals surface area contributed by atoms with E-state index in [4.69, 9.17) is 0 Å². The first-order valence-electron chi connectivity index (χ1n) is 8.31. The third kappa shape index (κ3) is 7.01. The summed E-state index contributed by atoms with van der Waals surface area (Å²) in [5.41, 5.74) is 0. The molecular weight excluding hydrogens is 336 g/mol. The number of Topliss-reactive ketones (excluding diaryl/α,β-unsaturated/α-hetero) is 1. The van der Waals surface area contributed by atoms with Crippen molar-refractivity contribution in [2.24, 2.45) is 0 Å². The Labute approximate surface area is 152 Å². The minimum absolute atomic E-state index is 0.0614. The van der Waals surface area contributed by atoms with Crippen LogP contribution >= 0.6 is 50.5 Å². The second-order valence-electron chi connectivity index (χ2n) is 6.30. The monoisotopic (exact) mass is 366 g/mol. The summed E-state index contributed by atoms with van der Waals surface area (Å²) in [4.78, 5) is 12.4. The fourth-order valence-electron chi connectivity index (χ4n) is 2.82. The van der Waals surface area contributed by atoms with Crippen molar-refractivity contribution in [3.63, 3.8) is 0 Å². The van der Waals surface area contributed by atoms with Crippen molar-refractivity contribution in [1.29, 1.82) is 0 Å². The predicted molar refractivity (Wildman–Crippen MR) is 106 cm³/mol. The number of ketones is 1. The normalized spacial score (nSPS) is 26.4. The number of carbonyl (C=O) groups excluding carboxylic acids is 1. The molecule has 21 heavy (non-hydrogen) atoms. The van der Waals surface area contributed by atoms with Gasteiger partial charge in [0.05, 0.1) is 4.08 Å². The fourth-order valence-corrected chi connectivity index (χ4v) is 3.83. The van der Waals surface area contributed by atoms with Crippen molar-refractivity contribution in [2.45, 2.75) is 91.6 Å². The Morgan fingerprint density at radius 2 is 1.00 bits per heavy atom. The van der Waals surface area contributed by atoms with Crippen molar-refractivity contribution in [2.75, 3.05) is 0 Å². The lowest BCUT2D eigenvalue weighted by molar-refractivity contribution is -0.119. The van der Waals surface area contributed by atoms with Crippen LogP contribution in [0.25, 0.3) is 0 Å². The summed E-state index contributed by atoms with van der Waals surface area (Å²) < 4.78 is -1.82. The topological polar surface area (TPSA) is 17.1 Å². The minimum Gasteiger partial charge on any atom is -0.297 e. The molecule has 0 aliphatic heterocycles. The maximum Gasteiger partial charge on any atom is 0.160 e. The van der Waals surface area contributed by atoms with E-state index in [0.717, 1.165) is 25.7 Å². The summed E-state index contributed by atoms with van der Waals surface area (Å²) in [5.74, 6) is 0.0614. The Morgan fingerprint density at radius 1 is 0.619 bits per heavy atom. The highest BCUT2D eigenvalue weighted by Gasteiger charge is 2.46. The summed E-state index contributed by atoms with van der Waals surface area (Å²) in [6.07, 6.45) is 14.7. The molecule has 1 fully saturated rings. The zero-order valence-corrected chi connectivity index (χ0v) is 16.5. The first kappa shape index (κ1) is 20.1. The lowest BCUT2D eigenvalue weighted by atomic mass is 9.99. The highest BCUT2D eigenvalue weighted by atomic mass is 32.2.